The van der Waals surface area contributed by atoms with E-state index in [9.17, 15) is 4.79 Å². The molecule has 0 saturated carbocycles. The number of hydrogen-bond donors (Lipinski definition) is 0. The fourth-order valence-corrected chi connectivity index (χ4v) is 2.09. The van der Waals surface area contributed by atoms with E-state index in [1.165, 1.54) is 0 Å². The number of carbonyl (C=O) groups excluding carboxylic acids is 1. The summed E-state index contributed by atoms with van der Waals surface area (Å²) in [5, 5.41) is 4.16. The van der Waals surface area contributed by atoms with Crippen LogP contribution in [-0.4, -0.2) is 24.3 Å². The fourth-order valence-electron chi connectivity index (χ4n) is 2.09. The van der Waals surface area contributed by atoms with Gasteiger partial charge in [0.2, 0.25) is 0 Å². The Hall–Kier alpha value is -2.49. The molecule has 1 aromatic carbocycles. The number of rotatable bonds is 5. The standard InChI is InChI=1S/C17H18N2O2/c1-4-10-18-15-12(3)17(20)14-9-7-6-8-13(14)16(15)19-21-11-5-2/h5-10H,2,4,11H2,1,3H3/b18-10?,19-16+. The monoisotopic (exact) mass is 282 g/mol. The smallest absolute Gasteiger partial charge is 0.191 e. The molecule has 0 fully saturated rings. The number of aliphatic imine (C=N–C) groups is 1. The van der Waals surface area contributed by atoms with Crippen molar-refractivity contribution in [2.24, 2.45) is 10.1 Å². The summed E-state index contributed by atoms with van der Waals surface area (Å²) in [6.07, 6.45) is 4.17. The molecule has 0 N–H and O–H groups in total. The molecule has 1 aliphatic carbocycles. The number of fused-ring (bicyclic) bond motifs is 1. The summed E-state index contributed by atoms with van der Waals surface area (Å²) in [7, 11) is 0. The fraction of sp³-hybridized carbons (Fsp3) is 0.235. The lowest BCUT2D eigenvalue weighted by atomic mass is 9.87. The van der Waals surface area contributed by atoms with Gasteiger partial charge in [0.15, 0.2) is 5.78 Å². The van der Waals surface area contributed by atoms with Crippen molar-refractivity contribution in [1.29, 1.82) is 0 Å². The second kappa shape index (κ2) is 6.79. The molecule has 0 saturated heterocycles. The van der Waals surface area contributed by atoms with Crippen molar-refractivity contribution < 1.29 is 9.63 Å². The first-order chi connectivity index (χ1) is 10.2. The number of Topliss-reactive ketones (excluding diaryl/α,β-unsaturated/α-hetero) is 1. The third kappa shape index (κ3) is 2.99. The topological polar surface area (TPSA) is 51.0 Å². The Labute approximate surface area is 124 Å². The highest BCUT2D eigenvalue weighted by Gasteiger charge is 2.28. The lowest BCUT2D eigenvalue weighted by Crippen LogP contribution is -2.21. The van der Waals surface area contributed by atoms with E-state index in [0.717, 1.165) is 12.0 Å². The van der Waals surface area contributed by atoms with Crippen LogP contribution >= 0.6 is 0 Å². The summed E-state index contributed by atoms with van der Waals surface area (Å²) < 4.78 is 0. The lowest BCUT2D eigenvalue weighted by Gasteiger charge is -2.19. The molecule has 1 aliphatic rings. The maximum absolute atomic E-state index is 12.4. The Balaban J connectivity index is 2.57. The molecule has 0 unspecified atom stereocenters. The van der Waals surface area contributed by atoms with Crippen LogP contribution in [0.3, 0.4) is 0 Å². The highest BCUT2D eigenvalue weighted by molar-refractivity contribution is 6.28. The third-order valence-corrected chi connectivity index (χ3v) is 3.10. The first-order valence-corrected chi connectivity index (χ1v) is 6.89. The van der Waals surface area contributed by atoms with Crippen LogP contribution in [0, 0.1) is 0 Å². The Morgan fingerprint density at radius 1 is 1.29 bits per heavy atom. The van der Waals surface area contributed by atoms with Crippen molar-refractivity contribution in [3.05, 3.63) is 59.3 Å². The number of allylic oxidation sites excluding steroid dienone is 2. The van der Waals surface area contributed by atoms with Gasteiger partial charge < -0.3 is 4.84 Å². The maximum atomic E-state index is 12.4. The number of nitrogens with zero attached hydrogens (tertiary/aromatic N) is 2. The summed E-state index contributed by atoms with van der Waals surface area (Å²) in [6, 6.07) is 7.37. The molecule has 4 nitrogen and oxygen atoms in total. The predicted octanol–water partition coefficient (Wildman–Crippen LogP) is 3.54. The van der Waals surface area contributed by atoms with Gasteiger partial charge in [-0.15, -0.1) is 0 Å². The Bertz CT molecular complexity index is 655. The van der Waals surface area contributed by atoms with Gasteiger partial charge in [0, 0.05) is 22.9 Å². The van der Waals surface area contributed by atoms with Crippen LogP contribution in [0.4, 0.5) is 0 Å². The zero-order valence-corrected chi connectivity index (χ0v) is 12.3. The van der Waals surface area contributed by atoms with Crippen LogP contribution in [0.2, 0.25) is 0 Å². The van der Waals surface area contributed by atoms with E-state index in [4.69, 9.17) is 4.84 Å². The van der Waals surface area contributed by atoms with Crippen LogP contribution in [-0.2, 0) is 4.84 Å². The van der Waals surface area contributed by atoms with Crippen LogP contribution in [0.15, 0.2) is 58.3 Å². The largest absolute Gasteiger partial charge is 0.391 e. The van der Waals surface area contributed by atoms with E-state index in [1.807, 2.05) is 25.1 Å². The van der Waals surface area contributed by atoms with Crippen LogP contribution < -0.4 is 0 Å². The van der Waals surface area contributed by atoms with E-state index in [0.29, 0.717) is 29.2 Å². The minimum atomic E-state index is -0.0171. The summed E-state index contributed by atoms with van der Waals surface area (Å²) in [5.74, 6) is -0.0171. The van der Waals surface area contributed by atoms with Crippen LogP contribution in [0.5, 0.6) is 0 Å². The molecule has 2 rings (SSSR count). The predicted molar refractivity (Wildman–Crippen MR) is 84.9 cm³/mol. The summed E-state index contributed by atoms with van der Waals surface area (Å²) in [6.45, 7) is 7.66. The molecule has 0 spiro atoms. The Morgan fingerprint density at radius 2 is 2.00 bits per heavy atom. The minimum Gasteiger partial charge on any atom is -0.391 e. The lowest BCUT2D eigenvalue weighted by molar-refractivity contribution is 0.103. The quantitative estimate of drug-likeness (QED) is 0.359. The molecule has 0 aliphatic heterocycles. The first kappa shape index (κ1) is 14.9. The molecule has 1 aromatic rings. The van der Waals surface area contributed by atoms with Crippen molar-refractivity contribution in [2.75, 3.05) is 6.61 Å². The number of carbonyl (C=O) groups is 1. The van der Waals surface area contributed by atoms with E-state index in [1.54, 1.807) is 25.3 Å². The van der Waals surface area contributed by atoms with Gasteiger partial charge in [-0.25, -0.2) is 0 Å². The van der Waals surface area contributed by atoms with Gasteiger partial charge in [0.1, 0.15) is 12.3 Å². The van der Waals surface area contributed by atoms with E-state index in [-0.39, 0.29) is 5.78 Å². The molecule has 108 valence electrons. The second-order valence-corrected chi connectivity index (χ2v) is 4.59. The molecular formula is C17H18N2O2. The average molecular weight is 282 g/mol. The van der Waals surface area contributed by atoms with Gasteiger partial charge in [0.05, 0.1) is 5.70 Å². The van der Waals surface area contributed by atoms with Crippen LogP contribution in [0.1, 0.15) is 36.2 Å². The van der Waals surface area contributed by atoms with Gasteiger partial charge >= 0.3 is 0 Å². The number of oxime groups is 1. The van der Waals surface area contributed by atoms with Crippen molar-refractivity contribution >= 4 is 17.7 Å². The van der Waals surface area contributed by atoms with E-state index < -0.39 is 0 Å². The first-order valence-electron chi connectivity index (χ1n) is 6.89. The molecule has 0 heterocycles. The van der Waals surface area contributed by atoms with Crippen molar-refractivity contribution in [3.63, 3.8) is 0 Å². The van der Waals surface area contributed by atoms with Gasteiger partial charge in [-0.1, -0.05) is 49.0 Å². The van der Waals surface area contributed by atoms with Crippen LogP contribution in [0.25, 0.3) is 0 Å². The molecule has 0 amide bonds. The zero-order valence-electron chi connectivity index (χ0n) is 12.3. The number of hydrogen-bond acceptors (Lipinski definition) is 4. The average Bonchev–Trinajstić information content (AvgIpc) is 2.51. The second-order valence-electron chi connectivity index (χ2n) is 4.59. The molecule has 0 aromatic heterocycles. The summed E-state index contributed by atoms with van der Waals surface area (Å²) in [5.41, 5.74) is 3.13. The normalized spacial score (nSPS) is 16.5. The minimum absolute atomic E-state index is 0.0171. The van der Waals surface area contributed by atoms with Gasteiger partial charge in [0.25, 0.3) is 0 Å². The highest BCUT2D eigenvalue weighted by Crippen LogP contribution is 2.27. The van der Waals surface area contributed by atoms with E-state index >= 15 is 0 Å². The highest BCUT2D eigenvalue weighted by atomic mass is 16.6. The van der Waals surface area contributed by atoms with Crippen molar-refractivity contribution in [3.8, 4) is 0 Å². The summed E-state index contributed by atoms with van der Waals surface area (Å²) in [4.78, 5) is 22.0. The SMILES string of the molecule is C=CCO/N=C1/C(N=CCC)=C(C)C(=O)c2ccccc21. The van der Waals surface area contributed by atoms with Crippen molar-refractivity contribution in [1.82, 2.24) is 0 Å². The Kier molecular flexibility index (Phi) is 4.82. The maximum Gasteiger partial charge on any atom is 0.191 e. The third-order valence-electron chi connectivity index (χ3n) is 3.10. The molecular weight excluding hydrogens is 264 g/mol. The molecule has 4 heteroatoms. The molecule has 0 radical (unpaired) electrons. The number of benzene rings is 1. The number of ketones is 1. The summed E-state index contributed by atoms with van der Waals surface area (Å²) >= 11 is 0. The Morgan fingerprint density at radius 3 is 2.67 bits per heavy atom. The molecule has 0 atom stereocenters. The van der Waals surface area contributed by atoms with E-state index in [2.05, 4.69) is 16.7 Å². The van der Waals surface area contributed by atoms with Gasteiger partial charge in [-0.3, -0.25) is 9.79 Å². The molecule has 0 bridgehead atoms. The van der Waals surface area contributed by atoms with Crippen molar-refractivity contribution in [2.45, 2.75) is 20.3 Å². The van der Waals surface area contributed by atoms with Gasteiger partial charge in [-0.05, 0) is 13.3 Å². The van der Waals surface area contributed by atoms with Gasteiger partial charge in [-0.2, -0.15) is 0 Å². The molecule has 21 heavy (non-hydrogen) atoms. The zero-order chi connectivity index (χ0) is 15.2.